The number of methoxy groups -OCH3 is 1. The third kappa shape index (κ3) is 4.86. The summed E-state index contributed by atoms with van der Waals surface area (Å²) in [5.74, 6) is 0.527. The van der Waals surface area contributed by atoms with Crippen molar-refractivity contribution in [2.75, 3.05) is 20.2 Å². The maximum absolute atomic E-state index is 12.4. The van der Waals surface area contributed by atoms with E-state index in [-0.39, 0.29) is 25.0 Å². The lowest BCUT2D eigenvalue weighted by Gasteiger charge is -2.35. The van der Waals surface area contributed by atoms with Crippen LogP contribution >= 0.6 is 0 Å². The molecule has 1 aliphatic rings. The minimum atomic E-state index is -1.05. The Morgan fingerprint density at radius 1 is 1.29 bits per heavy atom. The Balaban J connectivity index is 1.50. The van der Waals surface area contributed by atoms with Crippen LogP contribution in [-0.2, 0) is 20.7 Å². The van der Waals surface area contributed by atoms with E-state index in [1.807, 2.05) is 24.3 Å². The highest BCUT2D eigenvalue weighted by atomic mass is 16.5. The van der Waals surface area contributed by atoms with Gasteiger partial charge in [-0.25, -0.2) is 4.79 Å². The lowest BCUT2D eigenvalue weighted by molar-refractivity contribution is -0.166. The Hall–Kier alpha value is -2.94. The monoisotopic (exact) mass is 389 g/mol. The van der Waals surface area contributed by atoms with Crippen LogP contribution in [0.4, 0.5) is 0 Å². The van der Waals surface area contributed by atoms with Crippen molar-refractivity contribution in [3.8, 4) is 17.1 Å². The van der Waals surface area contributed by atoms with Gasteiger partial charge in [-0.1, -0.05) is 5.16 Å². The summed E-state index contributed by atoms with van der Waals surface area (Å²) in [5, 5.41) is 13.1. The number of nitrogens with zero attached hydrogens (tertiary/aromatic N) is 3. The zero-order valence-corrected chi connectivity index (χ0v) is 15.8. The van der Waals surface area contributed by atoms with Crippen molar-refractivity contribution in [2.24, 2.45) is 0 Å². The molecule has 2 aromatic rings. The summed E-state index contributed by atoms with van der Waals surface area (Å²) in [6.07, 6.45) is 0.000664. The third-order valence-corrected chi connectivity index (χ3v) is 4.49. The number of ether oxygens (including phenoxy) is 2. The maximum atomic E-state index is 12.4. The van der Waals surface area contributed by atoms with Gasteiger partial charge in [0.1, 0.15) is 5.75 Å². The summed E-state index contributed by atoms with van der Waals surface area (Å²) in [6.45, 7) is 2.22. The fourth-order valence-electron chi connectivity index (χ4n) is 3.05. The van der Waals surface area contributed by atoms with E-state index in [4.69, 9.17) is 19.1 Å². The molecule has 2 atom stereocenters. The van der Waals surface area contributed by atoms with E-state index in [1.54, 1.807) is 18.9 Å². The van der Waals surface area contributed by atoms with Gasteiger partial charge in [0.2, 0.25) is 17.6 Å². The number of carboxylic acid groups (broad SMARTS) is 1. The van der Waals surface area contributed by atoms with Crippen LogP contribution in [0.2, 0.25) is 0 Å². The quantitative estimate of drug-likeness (QED) is 0.762. The molecule has 9 heteroatoms. The van der Waals surface area contributed by atoms with Crippen LogP contribution in [-0.4, -0.2) is 64.4 Å². The highest BCUT2D eigenvalue weighted by Crippen LogP contribution is 2.20. The first-order valence-electron chi connectivity index (χ1n) is 9.09. The number of aryl methyl sites for hydroxylation is 1. The van der Waals surface area contributed by atoms with Crippen molar-refractivity contribution in [3.63, 3.8) is 0 Å². The average molecular weight is 389 g/mol. The van der Waals surface area contributed by atoms with Gasteiger partial charge in [0.15, 0.2) is 6.10 Å². The molecule has 1 unspecified atom stereocenters. The lowest BCUT2D eigenvalue weighted by atomic mass is 10.1. The largest absolute Gasteiger partial charge is 0.497 e. The van der Waals surface area contributed by atoms with E-state index in [1.165, 1.54) is 0 Å². The smallest absolute Gasteiger partial charge is 0.334 e. The number of rotatable bonds is 7. The first-order valence-corrected chi connectivity index (χ1v) is 9.09. The first kappa shape index (κ1) is 19.8. The summed E-state index contributed by atoms with van der Waals surface area (Å²) in [5.41, 5.74) is 0.814. The second kappa shape index (κ2) is 8.83. The van der Waals surface area contributed by atoms with E-state index in [9.17, 15) is 9.59 Å². The molecule has 9 nitrogen and oxygen atoms in total. The number of carbonyl (C=O) groups is 2. The van der Waals surface area contributed by atoms with E-state index in [2.05, 4.69) is 10.1 Å². The molecule has 1 saturated heterocycles. The zero-order valence-electron chi connectivity index (χ0n) is 15.8. The number of hydrogen-bond donors (Lipinski definition) is 1. The molecule has 28 heavy (non-hydrogen) atoms. The number of aliphatic carboxylic acids is 1. The second-order valence-electron chi connectivity index (χ2n) is 6.67. The molecular weight excluding hydrogens is 366 g/mol. The molecule has 0 radical (unpaired) electrons. The highest BCUT2D eigenvalue weighted by Gasteiger charge is 2.32. The molecule has 1 aliphatic heterocycles. The van der Waals surface area contributed by atoms with E-state index >= 15 is 0 Å². The molecule has 3 rings (SSSR count). The van der Waals surface area contributed by atoms with Crippen LogP contribution in [0.25, 0.3) is 11.4 Å². The molecule has 0 aliphatic carbocycles. The van der Waals surface area contributed by atoms with Crippen molar-refractivity contribution in [1.82, 2.24) is 15.0 Å². The Bertz CT molecular complexity index is 819. The number of amides is 1. The predicted octanol–water partition coefficient (Wildman–Crippen LogP) is 1.77. The molecule has 0 saturated carbocycles. The first-order chi connectivity index (χ1) is 13.5. The van der Waals surface area contributed by atoms with Crippen molar-refractivity contribution < 1.29 is 28.7 Å². The number of morpholine rings is 1. The molecule has 1 fully saturated rings. The molecule has 1 amide bonds. The molecule has 0 bridgehead atoms. The van der Waals surface area contributed by atoms with Crippen molar-refractivity contribution in [3.05, 3.63) is 30.2 Å². The van der Waals surface area contributed by atoms with Crippen LogP contribution in [0, 0.1) is 0 Å². The number of carboxylic acids is 1. The third-order valence-electron chi connectivity index (χ3n) is 4.49. The fourth-order valence-corrected chi connectivity index (χ4v) is 3.05. The Morgan fingerprint density at radius 3 is 2.71 bits per heavy atom. The molecule has 0 spiro atoms. The molecule has 2 heterocycles. The van der Waals surface area contributed by atoms with Crippen molar-refractivity contribution in [2.45, 2.75) is 38.4 Å². The normalized spacial score (nSPS) is 19.4. The van der Waals surface area contributed by atoms with Crippen molar-refractivity contribution >= 4 is 11.9 Å². The molecule has 1 N–H and O–H groups in total. The average Bonchev–Trinajstić information content (AvgIpc) is 3.16. The van der Waals surface area contributed by atoms with Crippen LogP contribution < -0.4 is 4.74 Å². The summed E-state index contributed by atoms with van der Waals surface area (Å²) in [7, 11) is 1.60. The highest BCUT2D eigenvalue weighted by molar-refractivity contribution is 5.78. The Morgan fingerprint density at radius 2 is 2.04 bits per heavy atom. The maximum Gasteiger partial charge on any atom is 0.334 e. The van der Waals surface area contributed by atoms with Gasteiger partial charge < -0.3 is 24.0 Å². The Labute approximate surface area is 162 Å². The van der Waals surface area contributed by atoms with Gasteiger partial charge in [-0.05, 0) is 37.6 Å². The summed E-state index contributed by atoms with van der Waals surface area (Å²) in [4.78, 5) is 29.4. The predicted molar refractivity (Wildman–Crippen MR) is 97.8 cm³/mol. The fraction of sp³-hybridized carbons (Fsp3) is 0.474. The van der Waals surface area contributed by atoms with Gasteiger partial charge in [-0.2, -0.15) is 4.98 Å². The molecule has 1 aromatic carbocycles. The van der Waals surface area contributed by atoms with Gasteiger partial charge in [-0.15, -0.1) is 0 Å². The van der Waals surface area contributed by atoms with E-state index < -0.39 is 12.1 Å². The standard InChI is InChI=1S/C19H23N3O6/c1-12-10-22(11-15(27-12)19(24)25)17(23)5-3-4-16-20-18(21-28-16)13-6-8-14(26-2)9-7-13/h6-9,12,15H,3-5,10-11H2,1-2H3,(H,24,25)/t12-,15?/m1/s1. The molecular formula is C19H23N3O6. The number of carbonyl (C=O) groups excluding carboxylic acids is 1. The Kier molecular flexibility index (Phi) is 6.25. The summed E-state index contributed by atoms with van der Waals surface area (Å²) < 4.78 is 15.7. The van der Waals surface area contributed by atoms with Gasteiger partial charge in [0.05, 0.1) is 19.8 Å². The van der Waals surface area contributed by atoms with Crippen LogP contribution in [0.1, 0.15) is 25.7 Å². The molecule has 150 valence electrons. The number of benzene rings is 1. The minimum Gasteiger partial charge on any atom is -0.497 e. The van der Waals surface area contributed by atoms with Crippen LogP contribution in [0.5, 0.6) is 5.75 Å². The van der Waals surface area contributed by atoms with E-state index in [0.29, 0.717) is 31.1 Å². The zero-order chi connectivity index (χ0) is 20.1. The van der Waals surface area contributed by atoms with E-state index in [0.717, 1.165) is 11.3 Å². The van der Waals surface area contributed by atoms with Crippen LogP contribution in [0.3, 0.4) is 0 Å². The topological polar surface area (TPSA) is 115 Å². The summed E-state index contributed by atoms with van der Waals surface area (Å²) in [6, 6.07) is 7.32. The van der Waals surface area contributed by atoms with Crippen LogP contribution in [0.15, 0.2) is 28.8 Å². The number of hydrogen-bond acceptors (Lipinski definition) is 7. The molecule has 1 aromatic heterocycles. The van der Waals surface area contributed by atoms with Gasteiger partial charge >= 0.3 is 5.97 Å². The second-order valence-corrected chi connectivity index (χ2v) is 6.67. The number of aromatic nitrogens is 2. The van der Waals surface area contributed by atoms with Gasteiger partial charge in [-0.3, -0.25) is 4.79 Å². The minimum absolute atomic E-state index is 0.0701. The SMILES string of the molecule is COc1ccc(-c2noc(CCCC(=O)N3CC(C(=O)O)O[C@H](C)C3)n2)cc1. The van der Waals surface area contributed by atoms with Gasteiger partial charge in [0, 0.05) is 24.9 Å². The summed E-state index contributed by atoms with van der Waals surface area (Å²) >= 11 is 0. The van der Waals surface area contributed by atoms with Gasteiger partial charge in [0.25, 0.3) is 0 Å². The van der Waals surface area contributed by atoms with Crippen molar-refractivity contribution in [1.29, 1.82) is 0 Å². The lowest BCUT2D eigenvalue weighted by Crippen LogP contribution is -2.51.